The van der Waals surface area contributed by atoms with E-state index in [1.807, 2.05) is 12.1 Å². The first-order chi connectivity index (χ1) is 14.6. The largest absolute Gasteiger partial charge is 0.381 e. The molecule has 0 unspecified atom stereocenters. The van der Waals surface area contributed by atoms with Gasteiger partial charge in [0.25, 0.3) is 0 Å². The molecule has 11 heteroatoms. The van der Waals surface area contributed by atoms with E-state index < -0.39 is 0 Å². The molecule has 158 valence electrons. The molecule has 0 spiro atoms. The van der Waals surface area contributed by atoms with Crippen LogP contribution in [0, 0.1) is 0 Å². The molecule has 1 aliphatic heterocycles. The third kappa shape index (κ3) is 4.63. The molecule has 1 aromatic carbocycles. The number of hydrogen-bond donors (Lipinski definition) is 2. The van der Waals surface area contributed by atoms with Crippen LogP contribution in [0.2, 0.25) is 10.0 Å². The lowest BCUT2D eigenvalue weighted by Crippen LogP contribution is -2.44. The minimum Gasteiger partial charge on any atom is -0.381 e. The smallest absolute Gasteiger partial charge is 0.239 e. The van der Waals surface area contributed by atoms with Crippen LogP contribution in [-0.4, -0.2) is 51.0 Å². The van der Waals surface area contributed by atoms with Gasteiger partial charge in [-0.2, -0.15) is 10.1 Å². The standard InChI is InChI=1S/C19H20Cl2N6O3/c20-12-1-2-13(14(21)9-12)19(5-7-29-8-6-19)10-22-15(28)3-4-16-25-18(27-30-16)17-23-11-24-26-17/h1-2,9,11H,3-8,10H2,(H,22,28)(H,23,24,26). The predicted molar refractivity (Wildman–Crippen MR) is 109 cm³/mol. The molecule has 0 radical (unpaired) electrons. The molecule has 4 rings (SSSR count). The molecule has 2 N–H and O–H groups in total. The van der Waals surface area contributed by atoms with Gasteiger partial charge in [0.2, 0.25) is 17.6 Å². The monoisotopic (exact) mass is 450 g/mol. The van der Waals surface area contributed by atoms with E-state index in [4.69, 9.17) is 32.5 Å². The zero-order chi connectivity index (χ0) is 21.0. The number of H-pyrrole nitrogens is 1. The van der Waals surface area contributed by atoms with E-state index in [0.717, 1.165) is 18.4 Å². The van der Waals surface area contributed by atoms with Crippen molar-refractivity contribution in [3.63, 3.8) is 0 Å². The number of carbonyl (C=O) groups is 1. The minimum absolute atomic E-state index is 0.106. The molecule has 3 heterocycles. The van der Waals surface area contributed by atoms with Crippen molar-refractivity contribution in [2.75, 3.05) is 19.8 Å². The number of aromatic nitrogens is 5. The molecule has 1 aliphatic rings. The van der Waals surface area contributed by atoms with Crippen LogP contribution in [0.25, 0.3) is 11.6 Å². The molecule has 1 saturated heterocycles. The highest BCUT2D eigenvalue weighted by Crippen LogP contribution is 2.39. The molecule has 0 saturated carbocycles. The van der Waals surface area contributed by atoms with Gasteiger partial charge in [-0.1, -0.05) is 34.4 Å². The number of benzene rings is 1. The Hall–Kier alpha value is -2.49. The number of nitrogens with one attached hydrogen (secondary N) is 2. The molecule has 0 bridgehead atoms. The second-order valence-corrected chi connectivity index (χ2v) is 7.98. The Morgan fingerprint density at radius 2 is 2.10 bits per heavy atom. The molecule has 3 aromatic rings. The third-order valence-electron chi connectivity index (χ3n) is 5.24. The van der Waals surface area contributed by atoms with Crippen molar-refractivity contribution in [2.45, 2.75) is 31.1 Å². The van der Waals surface area contributed by atoms with E-state index in [-0.39, 0.29) is 17.7 Å². The summed E-state index contributed by atoms with van der Waals surface area (Å²) in [5.41, 5.74) is 0.685. The Morgan fingerprint density at radius 3 is 2.83 bits per heavy atom. The number of carbonyl (C=O) groups excluding carboxylic acids is 1. The molecule has 9 nitrogen and oxygen atoms in total. The fourth-order valence-corrected chi connectivity index (χ4v) is 4.17. The lowest BCUT2D eigenvalue weighted by molar-refractivity contribution is -0.121. The maximum absolute atomic E-state index is 12.5. The maximum Gasteiger partial charge on any atom is 0.239 e. The molecule has 30 heavy (non-hydrogen) atoms. The first-order valence-corrected chi connectivity index (χ1v) is 10.3. The number of aryl methyl sites for hydroxylation is 1. The highest BCUT2D eigenvalue weighted by atomic mass is 35.5. The van der Waals surface area contributed by atoms with E-state index in [0.29, 0.717) is 53.8 Å². The molecule has 0 atom stereocenters. The first kappa shape index (κ1) is 20.8. The van der Waals surface area contributed by atoms with Crippen LogP contribution < -0.4 is 5.32 Å². The number of ether oxygens (including phenoxy) is 1. The van der Waals surface area contributed by atoms with Gasteiger partial charge in [-0.15, -0.1) is 0 Å². The summed E-state index contributed by atoms with van der Waals surface area (Å²) >= 11 is 12.5. The second kappa shape index (κ2) is 9.11. The summed E-state index contributed by atoms with van der Waals surface area (Å²) < 4.78 is 10.7. The molecule has 1 fully saturated rings. The molecular weight excluding hydrogens is 431 g/mol. The quantitative estimate of drug-likeness (QED) is 0.567. The lowest BCUT2D eigenvalue weighted by atomic mass is 9.74. The number of hydrogen-bond acceptors (Lipinski definition) is 7. The Morgan fingerprint density at radius 1 is 1.27 bits per heavy atom. The summed E-state index contributed by atoms with van der Waals surface area (Å²) in [6.07, 6.45) is 3.43. The number of halogens is 2. The van der Waals surface area contributed by atoms with Crippen LogP contribution >= 0.6 is 23.2 Å². The summed E-state index contributed by atoms with van der Waals surface area (Å²) in [6, 6.07) is 5.49. The van der Waals surface area contributed by atoms with Crippen LogP contribution in [0.1, 0.15) is 30.7 Å². The number of rotatable bonds is 7. The Kier molecular flexibility index (Phi) is 6.31. The molecule has 2 aromatic heterocycles. The predicted octanol–water partition coefficient (Wildman–Crippen LogP) is 2.96. The number of aromatic amines is 1. The van der Waals surface area contributed by atoms with Gasteiger partial charge in [0.1, 0.15) is 6.33 Å². The van der Waals surface area contributed by atoms with Crippen molar-refractivity contribution in [1.82, 2.24) is 30.6 Å². The SMILES string of the molecule is O=C(CCc1nc(-c2ncn[nH]2)no1)NCC1(c2ccc(Cl)cc2Cl)CCOCC1. The molecule has 0 aliphatic carbocycles. The van der Waals surface area contributed by atoms with E-state index in [1.165, 1.54) is 6.33 Å². The van der Waals surface area contributed by atoms with Crippen molar-refractivity contribution < 1.29 is 14.1 Å². The minimum atomic E-state index is -0.292. The second-order valence-electron chi connectivity index (χ2n) is 7.14. The highest BCUT2D eigenvalue weighted by molar-refractivity contribution is 6.35. The molecule has 1 amide bonds. The number of nitrogens with zero attached hydrogens (tertiary/aromatic N) is 4. The van der Waals surface area contributed by atoms with Gasteiger partial charge < -0.3 is 14.6 Å². The van der Waals surface area contributed by atoms with Crippen LogP contribution in [0.3, 0.4) is 0 Å². The number of amides is 1. The first-order valence-electron chi connectivity index (χ1n) is 9.54. The van der Waals surface area contributed by atoms with Gasteiger partial charge in [-0.05, 0) is 30.5 Å². The van der Waals surface area contributed by atoms with Gasteiger partial charge in [-0.3, -0.25) is 9.89 Å². The van der Waals surface area contributed by atoms with E-state index >= 15 is 0 Å². The molecular formula is C19H20Cl2N6O3. The fraction of sp³-hybridized carbons (Fsp3) is 0.421. The highest BCUT2D eigenvalue weighted by Gasteiger charge is 2.36. The summed E-state index contributed by atoms with van der Waals surface area (Å²) in [6.45, 7) is 1.69. The topological polar surface area (TPSA) is 119 Å². The zero-order valence-electron chi connectivity index (χ0n) is 16.0. The van der Waals surface area contributed by atoms with Gasteiger partial charge in [-0.25, -0.2) is 4.98 Å². The van der Waals surface area contributed by atoms with Crippen LogP contribution in [0.5, 0.6) is 0 Å². The van der Waals surface area contributed by atoms with Gasteiger partial charge in [0.05, 0.1) is 0 Å². The van der Waals surface area contributed by atoms with Crippen molar-refractivity contribution in [3.8, 4) is 11.6 Å². The van der Waals surface area contributed by atoms with Crippen molar-refractivity contribution in [1.29, 1.82) is 0 Å². The van der Waals surface area contributed by atoms with Gasteiger partial charge >= 0.3 is 0 Å². The third-order valence-corrected chi connectivity index (χ3v) is 5.78. The fourth-order valence-electron chi connectivity index (χ4n) is 3.57. The van der Waals surface area contributed by atoms with Crippen LogP contribution in [-0.2, 0) is 21.4 Å². The van der Waals surface area contributed by atoms with Gasteiger partial charge in [0, 0.05) is 48.1 Å². The van der Waals surface area contributed by atoms with Crippen molar-refractivity contribution >= 4 is 29.1 Å². The Bertz CT molecular complexity index is 1000. The summed E-state index contributed by atoms with van der Waals surface area (Å²) in [5.74, 6) is 0.973. The Labute approximate surface area is 182 Å². The average molecular weight is 451 g/mol. The van der Waals surface area contributed by atoms with Gasteiger partial charge in [0.15, 0.2) is 5.82 Å². The normalized spacial score (nSPS) is 15.8. The zero-order valence-corrected chi connectivity index (χ0v) is 17.5. The summed E-state index contributed by atoms with van der Waals surface area (Å²) in [7, 11) is 0. The van der Waals surface area contributed by atoms with E-state index in [1.54, 1.807) is 6.07 Å². The lowest BCUT2D eigenvalue weighted by Gasteiger charge is -2.38. The maximum atomic E-state index is 12.5. The van der Waals surface area contributed by atoms with Crippen LogP contribution in [0.4, 0.5) is 0 Å². The van der Waals surface area contributed by atoms with E-state index in [9.17, 15) is 4.79 Å². The average Bonchev–Trinajstić information content (AvgIpc) is 3.43. The van der Waals surface area contributed by atoms with Crippen molar-refractivity contribution in [2.24, 2.45) is 0 Å². The van der Waals surface area contributed by atoms with Crippen molar-refractivity contribution in [3.05, 3.63) is 46.0 Å². The summed E-state index contributed by atoms with van der Waals surface area (Å²) in [5, 5.41) is 14.5. The van der Waals surface area contributed by atoms with Crippen LogP contribution in [0.15, 0.2) is 29.0 Å². The Balaban J connectivity index is 1.37. The van der Waals surface area contributed by atoms with E-state index in [2.05, 4.69) is 30.6 Å². The summed E-state index contributed by atoms with van der Waals surface area (Å²) in [4.78, 5) is 20.7.